The molecule has 0 saturated heterocycles. The van der Waals surface area contributed by atoms with Crippen LogP contribution in [0.2, 0.25) is 0 Å². The van der Waals surface area contributed by atoms with Crippen molar-refractivity contribution >= 4 is 38.5 Å². The molecule has 1 amide bonds. The van der Waals surface area contributed by atoms with Crippen LogP contribution in [0.25, 0.3) is 11.0 Å². The molecule has 8 heteroatoms. The predicted octanol–water partition coefficient (Wildman–Crippen LogP) is 1.31. The first-order valence-corrected chi connectivity index (χ1v) is 9.40. The van der Waals surface area contributed by atoms with E-state index in [4.69, 9.17) is 10.3 Å². The largest absolute Gasteiger partial charge is 0.451 e. The van der Waals surface area contributed by atoms with Crippen LogP contribution < -0.4 is 11.3 Å². The number of rotatable bonds is 6. The van der Waals surface area contributed by atoms with Crippen LogP contribution in [0.5, 0.6) is 0 Å². The molecule has 114 valence electrons. The van der Waals surface area contributed by atoms with Crippen LogP contribution in [-0.4, -0.2) is 32.1 Å². The number of carbonyl (C=O) groups excluding carboxylic acids is 1. The van der Waals surface area contributed by atoms with E-state index in [1.54, 1.807) is 6.07 Å². The summed E-state index contributed by atoms with van der Waals surface area (Å²) in [6, 6.07) is 7.30. The highest BCUT2D eigenvalue weighted by Crippen LogP contribution is 2.29. The lowest BCUT2D eigenvalue weighted by molar-refractivity contribution is 0.0927. The predicted molar refractivity (Wildman–Crippen MR) is 83.7 cm³/mol. The summed E-state index contributed by atoms with van der Waals surface area (Å²) in [6.07, 6.45) is 1.20. The fourth-order valence-electron chi connectivity index (χ4n) is 1.88. The van der Waals surface area contributed by atoms with E-state index in [1.807, 2.05) is 18.2 Å². The van der Waals surface area contributed by atoms with Gasteiger partial charge in [-0.2, -0.15) is 11.8 Å². The van der Waals surface area contributed by atoms with Gasteiger partial charge < -0.3 is 4.42 Å². The fourth-order valence-corrected chi connectivity index (χ4v) is 4.19. The Kier molecular flexibility index (Phi) is 4.92. The second kappa shape index (κ2) is 6.50. The molecule has 2 rings (SSSR count). The molecular weight excluding hydrogens is 312 g/mol. The van der Waals surface area contributed by atoms with Crippen molar-refractivity contribution < 1.29 is 17.6 Å². The standard InChI is InChI=1S/C13H16N2O4S2/c1-21(17,18)7-6-20-8-10-9-4-2-3-5-11(9)19-12(10)13(16)15-14/h2-5H,6-8,14H2,1H3,(H,15,16). The third kappa shape index (κ3) is 3.99. The number of furan rings is 1. The molecule has 0 radical (unpaired) electrons. The maximum Gasteiger partial charge on any atom is 0.301 e. The summed E-state index contributed by atoms with van der Waals surface area (Å²) in [5.41, 5.74) is 3.39. The number of hydrogen-bond donors (Lipinski definition) is 2. The molecule has 2 aromatic rings. The number of nitrogens with one attached hydrogen (secondary N) is 1. The van der Waals surface area contributed by atoms with Gasteiger partial charge in [-0.3, -0.25) is 10.2 Å². The molecule has 0 spiro atoms. The summed E-state index contributed by atoms with van der Waals surface area (Å²) in [6.45, 7) is 0. The Morgan fingerprint density at radius 1 is 1.38 bits per heavy atom. The summed E-state index contributed by atoms with van der Waals surface area (Å²) >= 11 is 1.43. The quantitative estimate of drug-likeness (QED) is 0.359. The van der Waals surface area contributed by atoms with Crippen LogP contribution in [0.3, 0.4) is 0 Å². The average Bonchev–Trinajstić information content (AvgIpc) is 2.80. The van der Waals surface area contributed by atoms with Crippen molar-refractivity contribution in [3.05, 3.63) is 35.6 Å². The van der Waals surface area contributed by atoms with Gasteiger partial charge in [-0.1, -0.05) is 18.2 Å². The molecule has 1 aromatic heterocycles. The third-order valence-corrected chi connectivity index (χ3v) is 5.07. The van der Waals surface area contributed by atoms with E-state index < -0.39 is 15.7 Å². The minimum Gasteiger partial charge on any atom is -0.451 e. The molecule has 1 aromatic carbocycles. The first-order valence-electron chi connectivity index (χ1n) is 6.19. The number of fused-ring (bicyclic) bond motifs is 1. The lowest BCUT2D eigenvalue weighted by Crippen LogP contribution is -2.30. The molecule has 0 atom stereocenters. The van der Waals surface area contributed by atoms with Crippen LogP contribution >= 0.6 is 11.8 Å². The highest BCUT2D eigenvalue weighted by molar-refractivity contribution is 8.00. The lowest BCUT2D eigenvalue weighted by Gasteiger charge is -2.02. The van der Waals surface area contributed by atoms with Crippen molar-refractivity contribution in [3.8, 4) is 0 Å². The fraction of sp³-hybridized carbons (Fsp3) is 0.308. The number of amides is 1. The number of carbonyl (C=O) groups is 1. The van der Waals surface area contributed by atoms with Gasteiger partial charge in [0.1, 0.15) is 15.4 Å². The normalized spacial score (nSPS) is 11.7. The molecule has 0 saturated carbocycles. The molecule has 21 heavy (non-hydrogen) atoms. The molecule has 1 heterocycles. The molecule has 6 nitrogen and oxygen atoms in total. The summed E-state index contributed by atoms with van der Waals surface area (Å²) in [5, 5.41) is 0.836. The molecule has 0 bridgehead atoms. The summed E-state index contributed by atoms with van der Waals surface area (Å²) in [5.74, 6) is 5.88. The van der Waals surface area contributed by atoms with Crippen molar-refractivity contribution in [2.75, 3.05) is 17.8 Å². The van der Waals surface area contributed by atoms with E-state index in [1.165, 1.54) is 18.0 Å². The van der Waals surface area contributed by atoms with E-state index in [2.05, 4.69) is 5.43 Å². The highest BCUT2D eigenvalue weighted by atomic mass is 32.2. The van der Waals surface area contributed by atoms with E-state index in [-0.39, 0.29) is 11.5 Å². The van der Waals surface area contributed by atoms with Gasteiger partial charge in [0.15, 0.2) is 5.76 Å². The first-order chi connectivity index (χ1) is 9.92. The number of para-hydroxylation sites is 1. The average molecular weight is 328 g/mol. The highest BCUT2D eigenvalue weighted by Gasteiger charge is 2.19. The van der Waals surface area contributed by atoms with Crippen LogP contribution in [-0.2, 0) is 15.6 Å². The zero-order valence-corrected chi connectivity index (χ0v) is 13.1. The summed E-state index contributed by atoms with van der Waals surface area (Å²) < 4.78 is 27.8. The van der Waals surface area contributed by atoms with Gasteiger partial charge in [-0.25, -0.2) is 14.3 Å². The monoisotopic (exact) mass is 328 g/mol. The van der Waals surface area contributed by atoms with Gasteiger partial charge in [-0.15, -0.1) is 0 Å². The van der Waals surface area contributed by atoms with E-state index in [9.17, 15) is 13.2 Å². The van der Waals surface area contributed by atoms with Gasteiger partial charge in [-0.05, 0) is 6.07 Å². The Labute approximate surface area is 127 Å². The molecule has 0 unspecified atom stereocenters. The smallest absolute Gasteiger partial charge is 0.301 e. The second-order valence-electron chi connectivity index (χ2n) is 4.56. The number of nitrogen functional groups attached to an aromatic ring is 1. The first kappa shape index (κ1) is 15.9. The van der Waals surface area contributed by atoms with Gasteiger partial charge in [0.2, 0.25) is 0 Å². The number of sulfone groups is 1. The third-order valence-electron chi connectivity index (χ3n) is 2.88. The lowest BCUT2D eigenvalue weighted by atomic mass is 10.1. The zero-order chi connectivity index (χ0) is 15.5. The molecule has 0 aliphatic rings. The topological polar surface area (TPSA) is 102 Å². The van der Waals surface area contributed by atoms with E-state index >= 15 is 0 Å². The molecule has 3 N–H and O–H groups in total. The second-order valence-corrected chi connectivity index (χ2v) is 7.93. The summed E-state index contributed by atoms with van der Waals surface area (Å²) in [7, 11) is -2.98. The number of hydrogen-bond acceptors (Lipinski definition) is 6. The van der Waals surface area contributed by atoms with Gasteiger partial charge in [0.25, 0.3) is 0 Å². The Bertz CT molecular complexity index is 753. The van der Waals surface area contributed by atoms with Crippen molar-refractivity contribution in [2.45, 2.75) is 5.75 Å². The number of benzene rings is 1. The van der Waals surface area contributed by atoms with Gasteiger partial charge in [0, 0.05) is 28.7 Å². The van der Waals surface area contributed by atoms with Crippen LogP contribution in [0.15, 0.2) is 28.7 Å². The van der Waals surface area contributed by atoms with Crippen LogP contribution in [0.4, 0.5) is 0 Å². The molecule has 0 aliphatic heterocycles. The van der Waals surface area contributed by atoms with Crippen LogP contribution in [0.1, 0.15) is 16.1 Å². The number of thioether (sulfide) groups is 1. The minimum absolute atomic E-state index is 0.103. The van der Waals surface area contributed by atoms with Crippen molar-refractivity contribution in [2.24, 2.45) is 5.84 Å². The van der Waals surface area contributed by atoms with Gasteiger partial charge in [0.05, 0.1) is 5.75 Å². The maximum atomic E-state index is 11.8. The SMILES string of the molecule is CS(=O)(=O)CCSCc1c(C(=O)NN)oc2ccccc12. The maximum absolute atomic E-state index is 11.8. The Morgan fingerprint density at radius 3 is 2.76 bits per heavy atom. The van der Waals surface area contributed by atoms with Gasteiger partial charge >= 0.3 is 5.91 Å². The number of nitrogens with two attached hydrogens (primary N) is 1. The number of hydrazine groups is 1. The van der Waals surface area contributed by atoms with E-state index in [0.29, 0.717) is 17.1 Å². The Balaban J connectivity index is 2.22. The van der Waals surface area contributed by atoms with Crippen LogP contribution in [0, 0.1) is 0 Å². The van der Waals surface area contributed by atoms with E-state index in [0.717, 1.165) is 10.9 Å². The Morgan fingerprint density at radius 2 is 2.10 bits per heavy atom. The molecule has 0 fully saturated rings. The molecule has 0 aliphatic carbocycles. The van der Waals surface area contributed by atoms with Crippen molar-refractivity contribution in [1.82, 2.24) is 5.43 Å². The summed E-state index contributed by atoms with van der Waals surface area (Å²) in [4.78, 5) is 11.8. The molecular formula is C13H16N2O4S2. The Hall–Kier alpha value is -1.51. The zero-order valence-electron chi connectivity index (χ0n) is 11.5. The van der Waals surface area contributed by atoms with Crippen molar-refractivity contribution in [3.63, 3.8) is 0 Å². The minimum atomic E-state index is -2.98. The van der Waals surface area contributed by atoms with Crippen molar-refractivity contribution in [1.29, 1.82) is 0 Å².